The van der Waals surface area contributed by atoms with Crippen LogP contribution < -0.4 is 9.62 Å². The lowest BCUT2D eigenvalue weighted by molar-refractivity contribution is -0.174. The van der Waals surface area contributed by atoms with E-state index in [1.54, 1.807) is 30.3 Å². The second-order valence-corrected chi connectivity index (χ2v) is 7.77. The minimum Gasteiger partial charge on any atom is -0.372 e. The first-order valence-electron chi connectivity index (χ1n) is 8.18. The third-order valence-electron chi connectivity index (χ3n) is 3.64. The van der Waals surface area contributed by atoms with Gasteiger partial charge in [-0.15, -0.1) is 0 Å². The average molecular weight is 416 g/mol. The van der Waals surface area contributed by atoms with Crippen LogP contribution in [0.4, 0.5) is 24.5 Å². The van der Waals surface area contributed by atoms with E-state index in [4.69, 9.17) is 0 Å². The lowest BCUT2D eigenvalue weighted by Crippen LogP contribution is -2.26. The van der Waals surface area contributed by atoms with Crippen molar-refractivity contribution in [3.8, 4) is 0 Å². The lowest BCUT2D eigenvalue weighted by Gasteiger charge is -2.19. The summed E-state index contributed by atoms with van der Waals surface area (Å²) in [5.41, 5.74) is 0.683. The highest BCUT2D eigenvalue weighted by molar-refractivity contribution is 7.92. The van der Waals surface area contributed by atoms with Crippen LogP contribution in [0, 0.1) is 0 Å². The number of carbonyl (C=O) groups excluding carboxylic acids is 1. The second-order valence-electron chi connectivity index (χ2n) is 5.80. The van der Waals surface area contributed by atoms with Crippen molar-refractivity contribution < 1.29 is 31.1 Å². The molecule has 152 valence electrons. The first-order valence-corrected chi connectivity index (χ1v) is 9.62. The number of para-hydroxylation sites is 1. The lowest BCUT2D eigenvalue weighted by atomic mass is 10.3. The SMILES string of the molecule is CN(c1ccccc1)S(=O)(=O)c1cccc(NC(=O)CCOCC(F)(F)F)c1. The van der Waals surface area contributed by atoms with E-state index in [0.717, 1.165) is 4.31 Å². The zero-order valence-electron chi connectivity index (χ0n) is 14.9. The zero-order chi connectivity index (χ0) is 20.8. The predicted molar refractivity (Wildman–Crippen MR) is 98.6 cm³/mol. The summed E-state index contributed by atoms with van der Waals surface area (Å²) >= 11 is 0. The number of rotatable bonds is 8. The molecular formula is C18H19F3N2O4S. The van der Waals surface area contributed by atoms with Gasteiger partial charge >= 0.3 is 6.18 Å². The Morgan fingerprint density at radius 2 is 1.79 bits per heavy atom. The van der Waals surface area contributed by atoms with Gasteiger partial charge < -0.3 is 10.1 Å². The molecule has 0 heterocycles. The Hall–Kier alpha value is -2.59. The smallest absolute Gasteiger partial charge is 0.372 e. The second kappa shape index (κ2) is 9.07. The van der Waals surface area contributed by atoms with Crippen LogP contribution in [-0.2, 0) is 19.6 Å². The maximum Gasteiger partial charge on any atom is 0.411 e. The molecule has 28 heavy (non-hydrogen) atoms. The number of benzene rings is 2. The molecule has 1 amide bonds. The molecule has 0 aliphatic heterocycles. The number of hydrogen-bond acceptors (Lipinski definition) is 4. The average Bonchev–Trinajstić information content (AvgIpc) is 2.65. The van der Waals surface area contributed by atoms with E-state index < -0.39 is 35.3 Å². The molecule has 10 heteroatoms. The first kappa shape index (κ1) is 21.7. The van der Waals surface area contributed by atoms with Crippen molar-refractivity contribution >= 4 is 27.3 Å². The Morgan fingerprint density at radius 3 is 2.43 bits per heavy atom. The normalized spacial score (nSPS) is 11.9. The molecular weight excluding hydrogens is 397 g/mol. The fraction of sp³-hybridized carbons (Fsp3) is 0.278. The van der Waals surface area contributed by atoms with Gasteiger partial charge in [0, 0.05) is 12.7 Å². The third kappa shape index (κ3) is 6.24. The minimum atomic E-state index is -4.45. The van der Waals surface area contributed by atoms with Crippen LogP contribution in [0.25, 0.3) is 0 Å². The summed E-state index contributed by atoms with van der Waals surface area (Å²) in [7, 11) is -2.44. The minimum absolute atomic E-state index is 0.0371. The van der Waals surface area contributed by atoms with E-state index in [2.05, 4.69) is 10.1 Å². The molecule has 6 nitrogen and oxygen atoms in total. The highest BCUT2D eigenvalue weighted by Crippen LogP contribution is 2.23. The summed E-state index contributed by atoms with van der Waals surface area (Å²) in [6, 6.07) is 14.1. The third-order valence-corrected chi connectivity index (χ3v) is 5.42. The monoisotopic (exact) mass is 416 g/mol. The maximum absolute atomic E-state index is 12.8. The van der Waals surface area contributed by atoms with E-state index in [0.29, 0.717) is 5.69 Å². The molecule has 1 N–H and O–H groups in total. The highest BCUT2D eigenvalue weighted by atomic mass is 32.2. The number of ether oxygens (including phenoxy) is 1. The molecule has 0 saturated carbocycles. The van der Waals surface area contributed by atoms with Crippen LogP contribution in [0.2, 0.25) is 0 Å². The summed E-state index contributed by atoms with van der Waals surface area (Å²) in [6.07, 6.45) is -4.75. The van der Waals surface area contributed by atoms with E-state index in [1.165, 1.54) is 31.3 Å². The maximum atomic E-state index is 12.8. The number of alkyl halides is 3. The molecule has 2 aromatic carbocycles. The molecule has 0 fully saturated rings. The van der Waals surface area contributed by atoms with Crippen LogP contribution in [0.5, 0.6) is 0 Å². The molecule has 2 aromatic rings. The van der Waals surface area contributed by atoms with Gasteiger partial charge in [-0.1, -0.05) is 24.3 Å². The Labute approximate surface area is 161 Å². The van der Waals surface area contributed by atoms with Crippen molar-refractivity contribution in [1.82, 2.24) is 0 Å². The van der Waals surface area contributed by atoms with Gasteiger partial charge in [-0.2, -0.15) is 13.2 Å². The number of amides is 1. The van der Waals surface area contributed by atoms with Crippen molar-refractivity contribution in [2.75, 3.05) is 29.9 Å². The van der Waals surface area contributed by atoms with Crippen molar-refractivity contribution in [3.63, 3.8) is 0 Å². The number of halogens is 3. The van der Waals surface area contributed by atoms with Gasteiger partial charge in [-0.3, -0.25) is 9.10 Å². The topological polar surface area (TPSA) is 75.7 Å². The van der Waals surface area contributed by atoms with Crippen LogP contribution in [-0.4, -0.2) is 40.8 Å². The van der Waals surface area contributed by atoms with E-state index in [-0.39, 0.29) is 17.0 Å². The van der Waals surface area contributed by atoms with E-state index in [9.17, 15) is 26.4 Å². The Morgan fingerprint density at radius 1 is 1.11 bits per heavy atom. The summed E-state index contributed by atoms with van der Waals surface area (Å²) in [6.45, 7) is -1.83. The molecule has 0 aromatic heterocycles. The van der Waals surface area contributed by atoms with Crippen molar-refractivity contribution in [2.24, 2.45) is 0 Å². The van der Waals surface area contributed by atoms with Crippen molar-refractivity contribution in [3.05, 3.63) is 54.6 Å². The first-order chi connectivity index (χ1) is 13.1. The molecule has 0 spiro atoms. The van der Waals surface area contributed by atoms with Gasteiger partial charge in [0.25, 0.3) is 10.0 Å². The van der Waals surface area contributed by atoms with Crippen molar-refractivity contribution in [1.29, 1.82) is 0 Å². The van der Waals surface area contributed by atoms with Gasteiger partial charge in [-0.25, -0.2) is 8.42 Å². The summed E-state index contributed by atoms with van der Waals surface area (Å²) in [4.78, 5) is 11.8. The van der Waals surface area contributed by atoms with E-state index >= 15 is 0 Å². The largest absolute Gasteiger partial charge is 0.411 e. The molecule has 0 bridgehead atoms. The summed E-state index contributed by atoms with van der Waals surface area (Å²) < 4.78 is 67.0. The van der Waals surface area contributed by atoms with Gasteiger partial charge in [0.05, 0.1) is 23.6 Å². The number of nitrogens with zero attached hydrogens (tertiary/aromatic N) is 1. The van der Waals surface area contributed by atoms with Crippen LogP contribution in [0.1, 0.15) is 6.42 Å². The number of hydrogen-bond donors (Lipinski definition) is 1. The number of nitrogens with one attached hydrogen (secondary N) is 1. The molecule has 0 aliphatic carbocycles. The van der Waals surface area contributed by atoms with Crippen LogP contribution in [0.15, 0.2) is 59.5 Å². The van der Waals surface area contributed by atoms with Gasteiger partial charge in [0.2, 0.25) is 5.91 Å². The fourth-order valence-corrected chi connectivity index (χ4v) is 3.49. The van der Waals surface area contributed by atoms with Gasteiger partial charge in [0.15, 0.2) is 0 Å². The Bertz CT molecular complexity index is 903. The molecule has 2 rings (SSSR count). The molecule has 0 radical (unpaired) electrons. The highest BCUT2D eigenvalue weighted by Gasteiger charge is 2.27. The molecule has 0 saturated heterocycles. The number of carbonyl (C=O) groups is 1. The fourth-order valence-electron chi connectivity index (χ4n) is 2.25. The predicted octanol–water partition coefficient (Wildman–Crippen LogP) is 3.42. The van der Waals surface area contributed by atoms with Crippen molar-refractivity contribution in [2.45, 2.75) is 17.5 Å². The summed E-state index contributed by atoms with van der Waals surface area (Å²) in [5, 5.41) is 2.45. The number of anilines is 2. The van der Waals surface area contributed by atoms with Crippen LogP contribution >= 0.6 is 0 Å². The molecule has 0 aliphatic rings. The Kier molecular flexibility index (Phi) is 7.03. The zero-order valence-corrected chi connectivity index (χ0v) is 15.8. The van der Waals surface area contributed by atoms with E-state index in [1.807, 2.05) is 0 Å². The Balaban J connectivity index is 2.02. The van der Waals surface area contributed by atoms with Gasteiger partial charge in [0.1, 0.15) is 6.61 Å². The molecule has 0 atom stereocenters. The molecule has 0 unspecified atom stereocenters. The number of sulfonamides is 1. The van der Waals surface area contributed by atoms with Crippen LogP contribution in [0.3, 0.4) is 0 Å². The van der Waals surface area contributed by atoms with Gasteiger partial charge in [-0.05, 0) is 30.3 Å². The summed E-state index contributed by atoms with van der Waals surface area (Å²) in [5.74, 6) is -0.590. The standard InChI is InChI=1S/C18H19F3N2O4S/c1-23(15-7-3-2-4-8-15)28(25,26)16-9-5-6-14(12-16)22-17(24)10-11-27-13-18(19,20)21/h2-9,12H,10-11,13H2,1H3,(H,22,24). The quantitative estimate of drug-likeness (QED) is 0.669.